The lowest BCUT2D eigenvalue weighted by Gasteiger charge is -2.10. The number of hydrogen-bond donors (Lipinski definition) is 2. The van der Waals surface area contributed by atoms with Gasteiger partial charge in [0.25, 0.3) is 0 Å². The summed E-state index contributed by atoms with van der Waals surface area (Å²) >= 11 is 0. The van der Waals surface area contributed by atoms with Gasteiger partial charge in [0.1, 0.15) is 18.2 Å². The number of aromatic nitrogens is 4. The molecule has 0 aliphatic carbocycles. The maximum atomic E-state index is 9.23. The highest BCUT2D eigenvalue weighted by Gasteiger charge is 2.07. The Morgan fingerprint density at radius 1 is 1.24 bits per heavy atom. The van der Waals surface area contributed by atoms with E-state index in [2.05, 4.69) is 31.6 Å². The zero-order valence-corrected chi connectivity index (χ0v) is 11.4. The summed E-state index contributed by atoms with van der Waals surface area (Å²) in [7, 11) is 0. The molecule has 0 fully saturated rings. The molecular formula is C15H14N6. The molecule has 0 atom stereocenters. The van der Waals surface area contributed by atoms with Crippen molar-refractivity contribution in [3.05, 3.63) is 48.2 Å². The number of aromatic amines is 1. The fourth-order valence-electron chi connectivity index (χ4n) is 2.24. The molecule has 21 heavy (non-hydrogen) atoms. The van der Waals surface area contributed by atoms with Gasteiger partial charge in [-0.15, -0.1) is 0 Å². The van der Waals surface area contributed by atoms with Gasteiger partial charge in [0.15, 0.2) is 0 Å². The van der Waals surface area contributed by atoms with Crippen molar-refractivity contribution >= 4 is 16.6 Å². The maximum Gasteiger partial charge on any atom is 0.137 e. The highest BCUT2D eigenvalue weighted by molar-refractivity contribution is 5.93. The SMILES string of the molecule is N#Cc1cnc2ccccc2c1NCCCc1ncn[nH]1. The second-order valence-corrected chi connectivity index (χ2v) is 4.64. The second kappa shape index (κ2) is 6.01. The number of nitrogens with zero attached hydrogens (tertiary/aromatic N) is 4. The predicted octanol–water partition coefficient (Wildman–Crippen LogP) is 2.27. The van der Waals surface area contributed by atoms with Crippen LogP contribution in [-0.4, -0.2) is 26.7 Å². The lowest BCUT2D eigenvalue weighted by Crippen LogP contribution is -2.06. The molecule has 0 saturated heterocycles. The number of aryl methyl sites for hydroxylation is 1. The number of rotatable bonds is 5. The number of anilines is 1. The fraction of sp³-hybridized carbons (Fsp3) is 0.200. The lowest BCUT2D eigenvalue weighted by molar-refractivity contribution is 0.806. The first-order valence-corrected chi connectivity index (χ1v) is 6.74. The van der Waals surface area contributed by atoms with Crippen LogP contribution >= 0.6 is 0 Å². The molecule has 0 saturated carbocycles. The van der Waals surface area contributed by atoms with E-state index in [4.69, 9.17) is 0 Å². The minimum Gasteiger partial charge on any atom is -0.383 e. The average Bonchev–Trinajstić information content (AvgIpc) is 3.04. The summed E-state index contributed by atoms with van der Waals surface area (Å²) in [4.78, 5) is 8.38. The molecule has 6 nitrogen and oxygen atoms in total. The van der Waals surface area contributed by atoms with E-state index < -0.39 is 0 Å². The fourth-order valence-corrected chi connectivity index (χ4v) is 2.24. The van der Waals surface area contributed by atoms with Crippen LogP contribution in [0.5, 0.6) is 0 Å². The van der Waals surface area contributed by atoms with Crippen molar-refractivity contribution in [2.24, 2.45) is 0 Å². The molecule has 0 aliphatic rings. The summed E-state index contributed by atoms with van der Waals surface area (Å²) in [6.45, 7) is 0.753. The van der Waals surface area contributed by atoms with Gasteiger partial charge in [-0.25, -0.2) is 4.98 Å². The van der Waals surface area contributed by atoms with Crippen molar-refractivity contribution in [3.63, 3.8) is 0 Å². The molecular weight excluding hydrogens is 264 g/mol. The van der Waals surface area contributed by atoms with Crippen molar-refractivity contribution < 1.29 is 0 Å². The van der Waals surface area contributed by atoms with Crippen LogP contribution < -0.4 is 5.32 Å². The molecule has 2 N–H and O–H groups in total. The van der Waals surface area contributed by atoms with E-state index in [1.165, 1.54) is 6.33 Å². The van der Waals surface area contributed by atoms with Gasteiger partial charge >= 0.3 is 0 Å². The van der Waals surface area contributed by atoms with Crippen LogP contribution in [0.25, 0.3) is 10.9 Å². The number of nitrogens with one attached hydrogen (secondary N) is 2. The van der Waals surface area contributed by atoms with Crippen molar-refractivity contribution in [3.8, 4) is 6.07 Å². The summed E-state index contributed by atoms with van der Waals surface area (Å²) in [5.41, 5.74) is 2.29. The number of nitriles is 1. The van der Waals surface area contributed by atoms with Gasteiger partial charge in [0.2, 0.25) is 0 Å². The van der Waals surface area contributed by atoms with Crippen LogP contribution in [0.1, 0.15) is 17.8 Å². The summed E-state index contributed by atoms with van der Waals surface area (Å²) in [5, 5.41) is 20.2. The van der Waals surface area contributed by atoms with Crippen LogP contribution in [0.4, 0.5) is 5.69 Å². The Labute approximate surface area is 121 Å². The average molecular weight is 278 g/mol. The van der Waals surface area contributed by atoms with Gasteiger partial charge in [0.05, 0.1) is 16.8 Å². The van der Waals surface area contributed by atoms with Gasteiger partial charge in [-0.05, 0) is 12.5 Å². The number of fused-ring (bicyclic) bond motifs is 1. The smallest absolute Gasteiger partial charge is 0.137 e. The molecule has 2 aromatic heterocycles. The number of pyridine rings is 1. The highest BCUT2D eigenvalue weighted by Crippen LogP contribution is 2.25. The normalized spacial score (nSPS) is 10.4. The van der Waals surface area contributed by atoms with E-state index in [0.29, 0.717) is 5.56 Å². The van der Waals surface area contributed by atoms with Gasteiger partial charge < -0.3 is 5.32 Å². The zero-order valence-electron chi connectivity index (χ0n) is 11.4. The van der Waals surface area contributed by atoms with Gasteiger partial charge in [-0.1, -0.05) is 18.2 Å². The van der Waals surface area contributed by atoms with Gasteiger partial charge in [0, 0.05) is 24.5 Å². The Morgan fingerprint density at radius 2 is 2.14 bits per heavy atom. The monoisotopic (exact) mass is 278 g/mol. The predicted molar refractivity (Wildman–Crippen MR) is 79.7 cm³/mol. The van der Waals surface area contributed by atoms with Crippen LogP contribution in [0.3, 0.4) is 0 Å². The van der Waals surface area contributed by atoms with E-state index in [9.17, 15) is 5.26 Å². The minimum absolute atomic E-state index is 0.563. The molecule has 0 radical (unpaired) electrons. The Kier molecular flexibility index (Phi) is 3.74. The number of hydrogen-bond acceptors (Lipinski definition) is 5. The molecule has 0 aliphatic heterocycles. The summed E-state index contributed by atoms with van der Waals surface area (Å²) in [5.74, 6) is 0.872. The second-order valence-electron chi connectivity index (χ2n) is 4.64. The van der Waals surface area contributed by atoms with Crippen LogP contribution in [0, 0.1) is 11.3 Å². The summed E-state index contributed by atoms with van der Waals surface area (Å²) in [6.07, 6.45) is 4.84. The van der Waals surface area contributed by atoms with Crippen molar-refractivity contribution in [1.29, 1.82) is 5.26 Å². The molecule has 0 unspecified atom stereocenters. The summed E-state index contributed by atoms with van der Waals surface area (Å²) < 4.78 is 0. The molecule has 2 heterocycles. The zero-order chi connectivity index (χ0) is 14.5. The number of benzene rings is 1. The molecule has 3 rings (SSSR count). The minimum atomic E-state index is 0.563. The first-order chi connectivity index (χ1) is 10.4. The molecule has 6 heteroatoms. The molecule has 3 aromatic rings. The third kappa shape index (κ3) is 2.82. The molecule has 0 amide bonds. The van der Waals surface area contributed by atoms with E-state index in [1.807, 2.05) is 24.3 Å². The highest BCUT2D eigenvalue weighted by atomic mass is 15.2. The van der Waals surface area contributed by atoms with Gasteiger partial charge in [-0.2, -0.15) is 10.4 Å². The summed E-state index contributed by atoms with van der Waals surface area (Å²) in [6, 6.07) is 9.99. The number of para-hydroxylation sites is 1. The van der Waals surface area contributed by atoms with E-state index >= 15 is 0 Å². The number of H-pyrrole nitrogens is 1. The third-order valence-electron chi connectivity index (χ3n) is 3.25. The lowest BCUT2D eigenvalue weighted by atomic mass is 10.1. The third-order valence-corrected chi connectivity index (χ3v) is 3.25. The molecule has 104 valence electrons. The van der Waals surface area contributed by atoms with Crippen molar-refractivity contribution in [2.75, 3.05) is 11.9 Å². The van der Waals surface area contributed by atoms with Crippen LogP contribution in [-0.2, 0) is 6.42 Å². The maximum absolute atomic E-state index is 9.23. The van der Waals surface area contributed by atoms with Crippen LogP contribution in [0.15, 0.2) is 36.8 Å². The largest absolute Gasteiger partial charge is 0.383 e. The van der Waals surface area contributed by atoms with Crippen molar-refractivity contribution in [2.45, 2.75) is 12.8 Å². The Hall–Kier alpha value is -2.94. The van der Waals surface area contributed by atoms with Gasteiger partial charge in [-0.3, -0.25) is 10.1 Å². The Balaban J connectivity index is 1.74. The molecule has 0 bridgehead atoms. The standard InChI is InChI=1S/C15H14N6/c16-8-11-9-18-13-5-2-1-4-12(13)15(11)17-7-3-6-14-19-10-20-21-14/h1-2,4-5,9-10H,3,6-7H2,(H,17,18)(H,19,20,21). The Morgan fingerprint density at radius 3 is 2.95 bits per heavy atom. The molecule has 1 aromatic carbocycles. The van der Waals surface area contributed by atoms with Crippen LogP contribution in [0.2, 0.25) is 0 Å². The first-order valence-electron chi connectivity index (χ1n) is 6.74. The van der Waals surface area contributed by atoms with E-state index in [-0.39, 0.29) is 0 Å². The van der Waals surface area contributed by atoms with E-state index in [0.717, 1.165) is 41.8 Å². The topological polar surface area (TPSA) is 90.3 Å². The van der Waals surface area contributed by atoms with E-state index in [1.54, 1.807) is 6.20 Å². The van der Waals surface area contributed by atoms with Crippen molar-refractivity contribution in [1.82, 2.24) is 20.2 Å². The molecule has 0 spiro atoms. The first kappa shape index (κ1) is 13.1. The Bertz CT molecular complexity index is 772. The quantitative estimate of drug-likeness (QED) is 0.699.